The molecule has 3 nitrogen and oxygen atoms in total. The van der Waals surface area contributed by atoms with Crippen LogP contribution in [0.2, 0.25) is 0 Å². The summed E-state index contributed by atoms with van der Waals surface area (Å²) >= 11 is 0. The van der Waals surface area contributed by atoms with Gasteiger partial charge >= 0.3 is 18.3 Å². The van der Waals surface area contributed by atoms with Crippen molar-refractivity contribution in [1.29, 1.82) is 0 Å². The van der Waals surface area contributed by atoms with Crippen LogP contribution in [-0.4, -0.2) is 11.1 Å². The zero-order valence-corrected chi connectivity index (χ0v) is 10.4. The summed E-state index contributed by atoms with van der Waals surface area (Å²) in [6.07, 6.45) is -9.98. The van der Waals surface area contributed by atoms with Gasteiger partial charge in [-0.15, -0.1) is 0 Å². The number of alkyl halides is 6. The molecule has 0 aliphatic carbocycles. The molecule has 0 radical (unpaired) electrons. The summed E-state index contributed by atoms with van der Waals surface area (Å²) in [6, 6.07) is 2.81. The second-order valence-electron chi connectivity index (χ2n) is 4.26. The van der Waals surface area contributed by atoms with Gasteiger partial charge in [0.2, 0.25) is 5.76 Å². The number of furan rings is 1. The number of rotatable bonds is 2. The normalized spacial score (nSPS) is 12.5. The fourth-order valence-corrected chi connectivity index (χ4v) is 1.71. The Morgan fingerprint density at radius 1 is 0.909 bits per heavy atom. The topological polar surface area (TPSA) is 50.4 Å². The SMILES string of the molecule is O=C(O)c1ccc(-c2cc(C(F)(F)F)cc(C(F)(F)F)c2)o1. The molecule has 0 fully saturated rings. The van der Waals surface area contributed by atoms with Crippen LogP contribution in [0, 0.1) is 0 Å². The van der Waals surface area contributed by atoms with Crippen molar-refractivity contribution >= 4 is 5.97 Å². The molecule has 2 rings (SSSR count). The summed E-state index contributed by atoms with van der Waals surface area (Å²) in [4.78, 5) is 10.6. The van der Waals surface area contributed by atoms with Crippen LogP contribution >= 0.6 is 0 Å². The standard InChI is InChI=1S/C13H6F6O3/c14-12(15,16)7-3-6(4-8(5-7)13(17,18)19)9-1-2-10(22-9)11(20)21/h1-5H,(H,20,21). The number of hydrogen-bond acceptors (Lipinski definition) is 2. The third kappa shape index (κ3) is 3.23. The monoisotopic (exact) mass is 324 g/mol. The van der Waals surface area contributed by atoms with E-state index in [1.807, 2.05) is 0 Å². The van der Waals surface area contributed by atoms with Gasteiger partial charge in [-0.2, -0.15) is 26.3 Å². The lowest BCUT2D eigenvalue weighted by Crippen LogP contribution is -2.11. The molecular weight excluding hydrogens is 318 g/mol. The van der Waals surface area contributed by atoms with Gasteiger partial charge in [-0.25, -0.2) is 4.79 Å². The Kier molecular flexibility index (Phi) is 3.68. The molecule has 1 heterocycles. The molecule has 0 spiro atoms. The lowest BCUT2D eigenvalue weighted by molar-refractivity contribution is -0.143. The molecule has 0 bridgehead atoms. The number of halogens is 6. The summed E-state index contributed by atoms with van der Waals surface area (Å²) in [5.41, 5.74) is -3.54. The predicted octanol–water partition coefficient (Wildman–Crippen LogP) is 4.68. The lowest BCUT2D eigenvalue weighted by atomic mass is 10.0. The van der Waals surface area contributed by atoms with Crippen LogP contribution in [0.25, 0.3) is 11.3 Å². The third-order valence-corrected chi connectivity index (χ3v) is 2.69. The van der Waals surface area contributed by atoms with Crippen molar-refractivity contribution in [2.24, 2.45) is 0 Å². The van der Waals surface area contributed by atoms with Gasteiger partial charge in [0.25, 0.3) is 0 Å². The minimum absolute atomic E-state index is 0.0233. The fraction of sp³-hybridized carbons (Fsp3) is 0.154. The average molecular weight is 324 g/mol. The minimum atomic E-state index is -4.99. The number of carbonyl (C=O) groups is 1. The Bertz CT molecular complexity index is 679. The van der Waals surface area contributed by atoms with E-state index >= 15 is 0 Å². The van der Waals surface area contributed by atoms with Gasteiger partial charge in [0.05, 0.1) is 11.1 Å². The van der Waals surface area contributed by atoms with E-state index in [0.29, 0.717) is 12.1 Å². The molecule has 0 unspecified atom stereocenters. The van der Waals surface area contributed by atoms with Crippen molar-refractivity contribution in [3.8, 4) is 11.3 Å². The first-order chi connectivity index (χ1) is 9.98. The maximum Gasteiger partial charge on any atom is 0.416 e. The Morgan fingerprint density at radius 2 is 1.41 bits per heavy atom. The van der Waals surface area contributed by atoms with Gasteiger partial charge in [0, 0.05) is 5.56 Å². The van der Waals surface area contributed by atoms with E-state index in [2.05, 4.69) is 0 Å². The number of benzene rings is 1. The third-order valence-electron chi connectivity index (χ3n) is 2.69. The number of carboxylic acid groups (broad SMARTS) is 1. The van der Waals surface area contributed by atoms with Crippen molar-refractivity contribution in [2.45, 2.75) is 12.4 Å². The number of hydrogen-bond donors (Lipinski definition) is 1. The molecular formula is C13H6F6O3. The highest BCUT2D eigenvalue weighted by Gasteiger charge is 2.37. The fourth-order valence-electron chi connectivity index (χ4n) is 1.71. The van der Waals surface area contributed by atoms with E-state index in [0.717, 1.165) is 12.1 Å². The van der Waals surface area contributed by atoms with Crippen molar-refractivity contribution in [2.75, 3.05) is 0 Å². The van der Waals surface area contributed by atoms with Crippen LogP contribution in [0.3, 0.4) is 0 Å². The first kappa shape index (κ1) is 15.9. The molecule has 22 heavy (non-hydrogen) atoms. The highest BCUT2D eigenvalue weighted by atomic mass is 19.4. The van der Waals surface area contributed by atoms with Gasteiger partial charge in [-0.05, 0) is 30.3 Å². The molecule has 2 aromatic rings. The molecule has 0 aliphatic heterocycles. The molecule has 1 aromatic heterocycles. The van der Waals surface area contributed by atoms with E-state index in [1.54, 1.807) is 0 Å². The molecule has 0 aliphatic rings. The first-order valence-electron chi connectivity index (χ1n) is 5.61. The Balaban J connectivity index is 2.61. The number of aromatic carboxylic acids is 1. The zero-order chi connectivity index (χ0) is 16.7. The van der Waals surface area contributed by atoms with Crippen LogP contribution in [0.15, 0.2) is 34.7 Å². The molecule has 118 valence electrons. The molecule has 0 saturated heterocycles. The largest absolute Gasteiger partial charge is 0.475 e. The quantitative estimate of drug-likeness (QED) is 0.816. The van der Waals surface area contributed by atoms with Gasteiger partial charge in [-0.1, -0.05) is 0 Å². The lowest BCUT2D eigenvalue weighted by Gasteiger charge is -2.13. The molecule has 0 amide bonds. The van der Waals surface area contributed by atoms with Gasteiger partial charge < -0.3 is 9.52 Å². The van der Waals surface area contributed by atoms with Crippen molar-refractivity contribution in [1.82, 2.24) is 0 Å². The average Bonchev–Trinajstić information content (AvgIpc) is 2.85. The van der Waals surface area contributed by atoms with Crippen LogP contribution in [0.5, 0.6) is 0 Å². The van der Waals surface area contributed by atoms with Crippen LogP contribution in [0.1, 0.15) is 21.7 Å². The maximum absolute atomic E-state index is 12.7. The van der Waals surface area contributed by atoms with Crippen LogP contribution in [0.4, 0.5) is 26.3 Å². The van der Waals surface area contributed by atoms with E-state index in [4.69, 9.17) is 9.52 Å². The first-order valence-corrected chi connectivity index (χ1v) is 5.61. The van der Waals surface area contributed by atoms with Crippen molar-refractivity contribution in [3.05, 3.63) is 47.2 Å². The second-order valence-corrected chi connectivity index (χ2v) is 4.26. The second kappa shape index (κ2) is 5.08. The van der Waals surface area contributed by atoms with E-state index < -0.39 is 46.5 Å². The zero-order valence-electron chi connectivity index (χ0n) is 10.4. The minimum Gasteiger partial charge on any atom is -0.475 e. The smallest absolute Gasteiger partial charge is 0.416 e. The van der Waals surface area contributed by atoms with Crippen LogP contribution < -0.4 is 0 Å². The molecule has 9 heteroatoms. The van der Waals surface area contributed by atoms with Crippen molar-refractivity contribution < 1.29 is 40.7 Å². The Labute approximate surface area is 118 Å². The molecule has 1 aromatic carbocycles. The summed E-state index contributed by atoms with van der Waals surface area (Å²) in [5, 5.41) is 8.66. The van der Waals surface area contributed by atoms with Crippen molar-refractivity contribution in [3.63, 3.8) is 0 Å². The highest BCUT2D eigenvalue weighted by Crippen LogP contribution is 2.38. The number of carboxylic acids is 1. The maximum atomic E-state index is 12.7. The Morgan fingerprint density at radius 3 is 1.77 bits per heavy atom. The Hall–Kier alpha value is -2.45. The van der Waals surface area contributed by atoms with Gasteiger partial charge in [0.1, 0.15) is 5.76 Å². The molecule has 1 N–H and O–H groups in total. The molecule has 0 saturated carbocycles. The van der Waals surface area contributed by atoms with Gasteiger partial charge in [0.15, 0.2) is 0 Å². The van der Waals surface area contributed by atoms with E-state index in [9.17, 15) is 31.1 Å². The predicted molar refractivity (Wildman–Crippen MR) is 61.1 cm³/mol. The summed E-state index contributed by atoms with van der Waals surface area (Å²) in [6.45, 7) is 0. The van der Waals surface area contributed by atoms with E-state index in [1.165, 1.54) is 0 Å². The van der Waals surface area contributed by atoms with Crippen LogP contribution in [-0.2, 0) is 12.4 Å². The van der Waals surface area contributed by atoms with E-state index in [-0.39, 0.29) is 6.07 Å². The summed E-state index contributed by atoms with van der Waals surface area (Å²) < 4.78 is 80.9. The summed E-state index contributed by atoms with van der Waals surface area (Å²) in [7, 11) is 0. The molecule has 0 atom stereocenters. The van der Waals surface area contributed by atoms with Gasteiger partial charge in [-0.3, -0.25) is 0 Å². The summed E-state index contributed by atoms with van der Waals surface area (Å²) in [5.74, 6) is -2.50. The highest BCUT2D eigenvalue weighted by molar-refractivity contribution is 5.85.